The minimum Gasteiger partial charge on any atom is -0.402 e. The third-order valence-electron chi connectivity index (χ3n) is 5.01. The van der Waals surface area contributed by atoms with Gasteiger partial charge >= 0.3 is 0 Å². The summed E-state index contributed by atoms with van der Waals surface area (Å²) in [5, 5.41) is 15.6. The van der Waals surface area contributed by atoms with Gasteiger partial charge in [-0.15, -0.1) is 10.2 Å². The van der Waals surface area contributed by atoms with Crippen LogP contribution < -0.4 is 11.5 Å². The van der Waals surface area contributed by atoms with Crippen LogP contribution in [0.5, 0.6) is 0 Å². The van der Waals surface area contributed by atoms with Gasteiger partial charge < -0.3 is 11.5 Å². The van der Waals surface area contributed by atoms with E-state index in [0.29, 0.717) is 17.9 Å². The molecule has 2 heterocycles. The predicted octanol–water partition coefficient (Wildman–Crippen LogP) is 3.66. The topological polar surface area (TPSA) is 95.1 Å². The van der Waals surface area contributed by atoms with Crippen molar-refractivity contribution in [2.24, 2.45) is 11.5 Å². The highest BCUT2D eigenvalue weighted by Crippen LogP contribution is 2.34. The second kappa shape index (κ2) is 6.25. The van der Waals surface area contributed by atoms with Crippen LogP contribution in [0.2, 0.25) is 0 Å². The van der Waals surface area contributed by atoms with Crippen molar-refractivity contribution < 1.29 is 0 Å². The van der Waals surface area contributed by atoms with E-state index in [4.69, 9.17) is 16.6 Å². The second-order valence-corrected chi connectivity index (χ2v) is 7.89. The molecule has 4 N–H and O–H groups in total. The van der Waals surface area contributed by atoms with Crippen LogP contribution in [0.15, 0.2) is 76.9 Å². The Kier molecular flexibility index (Phi) is 3.82. The number of nitrogens with two attached hydrogens (primary N) is 2. The molecule has 6 nitrogen and oxygen atoms in total. The van der Waals surface area contributed by atoms with E-state index < -0.39 is 5.54 Å². The molecule has 0 saturated carbocycles. The van der Waals surface area contributed by atoms with Crippen molar-refractivity contribution in [2.45, 2.75) is 12.0 Å². The SMILES string of the molecule is NC1=CC=CC(N)(c2nn3c(-c4ccc(Br)cc4)nnc3c3ccccc23)C1. The fourth-order valence-corrected chi connectivity index (χ4v) is 3.93. The lowest BCUT2D eigenvalue weighted by Crippen LogP contribution is -2.39. The van der Waals surface area contributed by atoms with Crippen LogP contribution in [0.3, 0.4) is 0 Å². The molecular formula is C21H17BrN6. The lowest BCUT2D eigenvalue weighted by atomic mass is 9.85. The maximum absolute atomic E-state index is 6.77. The van der Waals surface area contributed by atoms with Gasteiger partial charge in [-0.2, -0.15) is 9.61 Å². The van der Waals surface area contributed by atoms with Crippen molar-refractivity contribution in [3.05, 3.63) is 82.6 Å². The largest absolute Gasteiger partial charge is 0.402 e. The molecule has 138 valence electrons. The molecular weight excluding hydrogens is 416 g/mol. The third-order valence-corrected chi connectivity index (χ3v) is 5.54. The van der Waals surface area contributed by atoms with E-state index >= 15 is 0 Å². The highest BCUT2D eigenvalue weighted by atomic mass is 79.9. The van der Waals surface area contributed by atoms with Gasteiger partial charge in [0.15, 0.2) is 11.5 Å². The Balaban J connectivity index is 1.82. The summed E-state index contributed by atoms with van der Waals surface area (Å²) in [6.07, 6.45) is 6.22. The number of benzene rings is 2. The van der Waals surface area contributed by atoms with Crippen LogP contribution in [-0.4, -0.2) is 19.8 Å². The van der Waals surface area contributed by atoms with Gasteiger partial charge in [0, 0.05) is 32.9 Å². The Hall–Kier alpha value is -3.03. The van der Waals surface area contributed by atoms with Gasteiger partial charge in [0.2, 0.25) is 0 Å². The van der Waals surface area contributed by atoms with Gasteiger partial charge in [0.25, 0.3) is 0 Å². The molecule has 0 fully saturated rings. The Morgan fingerprint density at radius 3 is 2.50 bits per heavy atom. The van der Waals surface area contributed by atoms with Crippen molar-refractivity contribution in [1.29, 1.82) is 0 Å². The summed E-state index contributed by atoms with van der Waals surface area (Å²) in [5.41, 5.74) is 15.2. The fourth-order valence-electron chi connectivity index (χ4n) is 3.67. The Morgan fingerprint density at radius 1 is 1.00 bits per heavy atom. The summed E-state index contributed by atoms with van der Waals surface area (Å²) in [7, 11) is 0. The summed E-state index contributed by atoms with van der Waals surface area (Å²) in [6, 6.07) is 15.9. The molecule has 2 aromatic carbocycles. The fraction of sp³-hybridized carbons (Fsp3) is 0.0952. The van der Waals surface area contributed by atoms with Crippen molar-refractivity contribution >= 4 is 32.3 Å². The average Bonchev–Trinajstić information content (AvgIpc) is 3.12. The number of allylic oxidation sites excluding steroid dienone is 2. The number of nitrogens with zero attached hydrogens (tertiary/aromatic N) is 4. The third kappa shape index (κ3) is 2.63. The minimum atomic E-state index is -0.798. The van der Waals surface area contributed by atoms with E-state index in [9.17, 15) is 0 Å². The summed E-state index contributed by atoms with van der Waals surface area (Å²) < 4.78 is 2.78. The smallest absolute Gasteiger partial charge is 0.186 e. The van der Waals surface area contributed by atoms with Crippen molar-refractivity contribution in [2.75, 3.05) is 0 Å². The van der Waals surface area contributed by atoms with Gasteiger partial charge in [0.1, 0.15) is 0 Å². The number of halogens is 1. The molecule has 0 spiro atoms. The van der Waals surface area contributed by atoms with E-state index in [0.717, 1.165) is 32.2 Å². The molecule has 5 rings (SSSR count). The number of hydrogen-bond donors (Lipinski definition) is 2. The number of fused-ring (bicyclic) bond motifs is 3. The normalized spacial score (nSPS) is 19.3. The van der Waals surface area contributed by atoms with E-state index in [1.165, 1.54) is 0 Å². The quantitative estimate of drug-likeness (QED) is 0.503. The van der Waals surface area contributed by atoms with Crippen LogP contribution in [-0.2, 0) is 5.54 Å². The van der Waals surface area contributed by atoms with Crippen LogP contribution in [0.25, 0.3) is 27.8 Å². The van der Waals surface area contributed by atoms with Gasteiger partial charge in [-0.25, -0.2) is 0 Å². The van der Waals surface area contributed by atoms with Crippen molar-refractivity contribution in [3.8, 4) is 11.4 Å². The maximum Gasteiger partial charge on any atom is 0.186 e. The van der Waals surface area contributed by atoms with Crippen LogP contribution in [0.1, 0.15) is 12.1 Å². The first-order valence-corrected chi connectivity index (χ1v) is 9.68. The van der Waals surface area contributed by atoms with Gasteiger partial charge in [-0.3, -0.25) is 0 Å². The van der Waals surface area contributed by atoms with Gasteiger partial charge in [0.05, 0.1) is 11.2 Å². The summed E-state index contributed by atoms with van der Waals surface area (Å²) in [5.74, 6) is 0.668. The van der Waals surface area contributed by atoms with Crippen LogP contribution in [0.4, 0.5) is 0 Å². The summed E-state index contributed by atoms with van der Waals surface area (Å²) in [4.78, 5) is 0. The zero-order valence-electron chi connectivity index (χ0n) is 14.9. The number of aromatic nitrogens is 4. The highest BCUT2D eigenvalue weighted by Gasteiger charge is 2.32. The van der Waals surface area contributed by atoms with Crippen LogP contribution >= 0.6 is 15.9 Å². The molecule has 1 unspecified atom stereocenters. The monoisotopic (exact) mass is 432 g/mol. The molecule has 1 atom stereocenters. The molecule has 28 heavy (non-hydrogen) atoms. The van der Waals surface area contributed by atoms with Crippen molar-refractivity contribution in [3.63, 3.8) is 0 Å². The number of hydrogen-bond acceptors (Lipinski definition) is 5. The van der Waals surface area contributed by atoms with Crippen LogP contribution in [0, 0.1) is 0 Å². The van der Waals surface area contributed by atoms with Gasteiger partial charge in [-0.05, 0) is 18.2 Å². The molecule has 0 saturated heterocycles. The molecule has 7 heteroatoms. The zero-order chi connectivity index (χ0) is 19.3. The zero-order valence-corrected chi connectivity index (χ0v) is 16.5. The molecule has 0 aliphatic heterocycles. The first kappa shape index (κ1) is 17.1. The molecule has 2 aromatic heterocycles. The number of rotatable bonds is 2. The lowest BCUT2D eigenvalue weighted by Gasteiger charge is -2.29. The van der Waals surface area contributed by atoms with E-state index in [2.05, 4.69) is 26.1 Å². The average molecular weight is 433 g/mol. The molecule has 0 radical (unpaired) electrons. The molecule has 0 amide bonds. The maximum atomic E-state index is 6.77. The minimum absolute atomic E-state index is 0.502. The first-order chi connectivity index (χ1) is 13.5. The predicted molar refractivity (Wildman–Crippen MR) is 113 cm³/mol. The Bertz CT molecular complexity index is 1270. The molecule has 0 bridgehead atoms. The van der Waals surface area contributed by atoms with E-state index in [1.54, 1.807) is 4.52 Å². The summed E-state index contributed by atoms with van der Waals surface area (Å²) >= 11 is 3.47. The Labute approximate surface area is 169 Å². The van der Waals surface area contributed by atoms with E-state index in [1.807, 2.05) is 66.8 Å². The second-order valence-electron chi connectivity index (χ2n) is 6.98. The van der Waals surface area contributed by atoms with Crippen molar-refractivity contribution in [1.82, 2.24) is 19.8 Å². The standard InChI is InChI=1S/C21H17BrN6/c22-14-9-7-13(8-10-14)19-25-26-20-17-6-2-1-5-16(17)18(27-28(19)20)21(24)11-3-4-15(23)12-21/h1-11H,12,23-24H2. The molecule has 1 aliphatic rings. The highest BCUT2D eigenvalue weighted by molar-refractivity contribution is 9.10. The Morgan fingerprint density at radius 2 is 1.75 bits per heavy atom. The lowest BCUT2D eigenvalue weighted by molar-refractivity contribution is 0.524. The first-order valence-electron chi connectivity index (χ1n) is 8.88. The summed E-state index contributed by atoms with van der Waals surface area (Å²) in [6.45, 7) is 0. The molecule has 1 aliphatic carbocycles. The molecule has 4 aromatic rings. The van der Waals surface area contributed by atoms with E-state index in [-0.39, 0.29) is 0 Å². The van der Waals surface area contributed by atoms with Gasteiger partial charge in [-0.1, -0.05) is 64.5 Å².